The minimum absolute atomic E-state index is 0.0339. The Labute approximate surface area is 110 Å². The standard InChI is InChI=1S/C11H12F6O3/c1-3-19-5-7(10(12,13)14)9(18)8(6-20-4-2)11(15,16)17/h5-6H,3-4H2,1-2H3. The van der Waals surface area contributed by atoms with Gasteiger partial charge in [0.2, 0.25) is 5.78 Å². The van der Waals surface area contributed by atoms with E-state index in [1.807, 2.05) is 0 Å². The van der Waals surface area contributed by atoms with Gasteiger partial charge in [-0.3, -0.25) is 4.79 Å². The van der Waals surface area contributed by atoms with E-state index in [9.17, 15) is 31.1 Å². The molecule has 0 aliphatic rings. The molecular formula is C11H12F6O3. The van der Waals surface area contributed by atoms with Gasteiger partial charge in [0.05, 0.1) is 25.7 Å². The van der Waals surface area contributed by atoms with Crippen LogP contribution >= 0.6 is 0 Å². The van der Waals surface area contributed by atoms with Gasteiger partial charge >= 0.3 is 12.4 Å². The number of alkyl halides is 6. The van der Waals surface area contributed by atoms with Gasteiger partial charge in [-0.1, -0.05) is 0 Å². The highest BCUT2D eigenvalue weighted by Gasteiger charge is 2.47. The molecule has 0 aromatic carbocycles. The number of halogens is 6. The van der Waals surface area contributed by atoms with Crippen molar-refractivity contribution in [3.8, 4) is 0 Å². The highest BCUT2D eigenvalue weighted by molar-refractivity contribution is 6.09. The third-order valence-corrected chi connectivity index (χ3v) is 1.84. The van der Waals surface area contributed by atoms with E-state index in [-0.39, 0.29) is 25.7 Å². The Kier molecular flexibility index (Phi) is 6.60. The van der Waals surface area contributed by atoms with Crippen LogP contribution in [-0.2, 0) is 14.3 Å². The Morgan fingerprint density at radius 3 is 1.35 bits per heavy atom. The summed E-state index contributed by atoms with van der Waals surface area (Å²) in [5, 5.41) is 0. The molecule has 0 atom stereocenters. The molecule has 0 amide bonds. The number of hydrogen-bond donors (Lipinski definition) is 0. The number of carbonyl (C=O) groups excluding carboxylic acids is 1. The summed E-state index contributed by atoms with van der Waals surface area (Å²) < 4.78 is 83.9. The topological polar surface area (TPSA) is 35.5 Å². The Morgan fingerprint density at radius 1 is 0.850 bits per heavy atom. The lowest BCUT2D eigenvalue weighted by molar-refractivity contribution is -0.137. The van der Waals surface area contributed by atoms with Crippen molar-refractivity contribution in [2.75, 3.05) is 13.2 Å². The Morgan fingerprint density at radius 2 is 1.15 bits per heavy atom. The highest BCUT2D eigenvalue weighted by atomic mass is 19.4. The Bertz CT molecular complexity index is 356. The molecule has 0 unspecified atom stereocenters. The SMILES string of the molecule is CCOC=C(C(=O)C(=COCC)C(F)(F)F)C(F)(F)F. The van der Waals surface area contributed by atoms with Crippen molar-refractivity contribution in [1.29, 1.82) is 0 Å². The molecule has 116 valence electrons. The Balaban J connectivity index is 5.61. The van der Waals surface area contributed by atoms with Gasteiger partial charge in [-0.2, -0.15) is 26.3 Å². The lowest BCUT2D eigenvalue weighted by atomic mass is 10.1. The van der Waals surface area contributed by atoms with Crippen LogP contribution in [0.2, 0.25) is 0 Å². The summed E-state index contributed by atoms with van der Waals surface area (Å²) in [5.41, 5.74) is -4.11. The van der Waals surface area contributed by atoms with Crippen molar-refractivity contribution in [1.82, 2.24) is 0 Å². The molecule has 0 aromatic heterocycles. The second-order valence-corrected chi connectivity index (χ2v) is 3.30. The van der Waals surface area contributed by atoms with E-state index in [2.05, 4.69) is 9.47 Å². The summed E-state index contributed by atoms with van der Waals surface area (Å²) in [6, 6.07) is 0. The quantitative estimate of drug-likeness (QED) is 0.428. The summed E-state index contributed by atoms with van der Waals surface area (Å²) >= 11 is 0. The fourth-order valence-corrected chi connectivity index (χ4v) is 0.977. The summed E-state index contributed by atoms with van der Waals surface area (Å²) in [7, 11) is 0. The maximum atomic E-state index is 12.6. The predicted molar refractivity (Wildman–Crippen MR) is 56.5 cm³/mol. The number of Topliss-reactive ketones (excluding diaryl/α,β-unsaturated/α-hetero) is 1. The second kappa shape index (κ2) is 7.20. The van der Waals surface area contributed by atoms with Crippen molar-refractivity contribution >= 4 is 5.78 Å². The molecule has 0 saturated heterocycles. The van der Waals surface area contributed by atoms with E-state index in [0.29, 0.717) is 0 Å². The van der Waals surface area contributed by atoms with Gasteiger partial charge in [0, 0.05) is 0 Å². The van der Waals surface area contributed by atoms with Crippen LogP contribution in [0.1, 0.15) is 13.8 Å². The van der Waals surface area contributed by atoms with Gasteiger partial charge in [0.25, 0.3) is 0 Å². The molecule has 0 aliphatic carbocycles. The lowest BCUT2D eigenvalue weighted by Gasteiger charge is -2.15. The lowest BCUT2D eigenvalue weighted by Crippen LogP contribution is -2.28. The molecule has 0 radical (unpaired) electrons. The van der Waals surface area contributed by atoms with Crippen molar-refractivity contribution in [2.45, 2.75) is 26.2 Å². The number of rotatable bonds is 6. The smallest absolute Gasteiger partial charge is 0.423 e. The average molecular weight is 306 g/mol. The monoisotopic (exact) mass is 306 g/mol. The molecule has 0 spiro atoms. The summed E-state index contributed by atoms with van der Waals surface area (Å²) in [6.45, 7) is 2.16. The van der Waals surface area contributed by atoms with Gasteiger partial charge in [0.15, 0.2) is 0 Å². The number of hydrogen-bond acceptors (Lipinski definition) is 3. The second-order valence-electron chi connectivity index (χ2n) is 3.30. The minimum Gasteiger partial charge on any atom is -0.501 e. The fourth-order valence-electron chi connectivity index (χ4n) is 0.977. The van der Waals surface area contributed by atoms with Crippen molar-refractivity contribution < 1.29 is 40.6 Å². The first-order valence-corrected chi connectivity index (χ1v) is 5.38. The van der Waals surface area contributed by atoms with Gasteiger partial charge in [-0.25, -0.2) is 0 Å². The number of allylic oxidation sites excluding steroid dienone is 2. The summed E-state index contributed by atoms with van der Waals surface area (Å²) in [5.74, 6) is -2.26. The van der Waals surface area contributed by atoms with Crippen LogP contribution in [0.5, 0.6) is 0 Å². The first-order valence-electron chi connectivity index (χ1n) is 5.38. The van der Waals surface area contributed by atoms with Crippen molar-refractivity contribution in [3.05, 3.63) is 23.7 Å². The van der Waals surface area contributed by atoms with Crippen LogP contribution in [0, 0.1) is 0 Å². The maximum Gasteiger partial charge on any atom is 0.423 e. The zero-order valence-electron chi connectivity index (χ0n) is 10.6. The molecule has 0 aromatic rings. The summed E-state index contributed by atoms with van der Waals surface area (Å²) in [4.78, 5) is 11.4. The zero-order chi connectivity index (χ0) is 16.0. The molecule has 20 heavy (non-hydrogen) atoms. The van der Waals surface area contributed by atoms with Crippen LogP contribution in [0.15, 0.2) is 23.7 Å². The van der Waals surface area contributed by atoms with Crippen LogP contribution in [0.25, 0.3) is 0 Å². The van der Waals surface area contributed by atoms with E-state index < -0.39 is 29.3 Å². The van der Waals surface area contributed by atoms with Crippen molar-refractivity contribution in [2.24, 2.45) is 0 Å². The van der Waals surface area contributed by atoms with E-state index in [1.165, 1.54) is 13.8 Å². The van der Waals surface area contributed by atoms with Crippen LogP contribution < -0.4 is 0 Å². The largest absolute Gasteiger partial charge is 0.501 e. The molecule has 0 heterocycles. The molecule has 0 N–H and O–H groups in total. The van der Waals surface area contributed by atoms with Crippen LogP contribution in [0.4, 0.5) is 26.3 Å². The number of carbonyl (C=O) groups is 1. The van der Waals surface area contributed by atoms with E-state index in [0.717, 1.165) is 0 Å². The molecule has 0 rings (SSSR count). The van der Waals surface area contributed by atoms with Gasteiger partial charge in [0.1, 0.15) is 11.1 Å². The van der Waals surface area contributed by atoms with E-state index >= 15 is 0 Å². The first kappa shape index (κ1) is 18.3. The Hall–Kier alpha value is -1.67. The van der Waals surface area contributed by atoms with Crippen molar-refractivity contribution in [3.63, 3.8) is 0 Å². The third-order valence-electron chi connectivity index (χ3n) is 1.84. The fraction of sp³-hybridized carbons (Fsp3) is 0.545. The van der Waals surface area contributed by atoms with Crippen LogP contribution in [0.3, 0.4) is 0 Å². The molecular weight excluding hydrogens is 294 g/mol. The van der Waals surface area contributed by atoms with Crippen LogP contribution in [-0.4, -0.2) is 31.3 Å². The summed E-state index contributed by atoms with van der Waals surface area (Å²) in [6.07, 6.45) is -10.6. The molecule has 9 heteroatoms. The van der Waals surface area contributed by atoms with Gasteiger partial charge in [-0.05, 0) is 13.8 Å². The molecule has 0 bridgehead atoms. The normalized spacial score (nSPS) is 14.2. The number of ether oxygens (including phenoxy) is 2. The predicted octanol–water partition coefficient (Wildman–Crippen LogP) is 3.52. The van der Waals surface area contributed by atoms with Gasteiger partial charge < -0.3 is 9.47 Å². The zero-order valence-corrected chi connectivity index (χ0v) is 10.6. The average Bonchev–Trinajstić information content (AvgIpc) is 2.26. The molecule has 3 nitrogen and oxygen atoms in total. The third kappa shape index (κ3) is 5.54. The number of ketones is 1. The highest BCUT2D eigenvalue weighted by Crippen LogP contribution is 2.34. The maximum absolute atomic E-state index is 12.6. The molecule has 0 fully saturated rings. The van der Waals surface area contributed by atoms with E-state index in [4.69, 9.17) is 0 Å². The van der Waals surface area contributed by atoms with E-state index in [1.54, 1.807) is 0 Å². The molecule has 0 aliphatic heterocycles. The minimum atomic E-state index is -5.27. The van der Waals surface area contributed by atoms with Gasteiger partial charge in [-0.15, -0.1) is 0 Å². The first-order chi connectivity index (χ1) is 9.05. The molecule has 0 saturated carbocycles.